The molecule has 2 radical (unpaired) electrons. The van der Waals surface area contributed by atoms with E-state index >= 15 is 0 Å². The Labute approximate surface area is 80.7 Å². The number of methoxy groups -OCH3 is 1. The van der Waals surface area contributed by atoms with Crippen molar-refractivity contribution in [2.75, 3.05) is 7.11 Å². The highest BCUT2D eigenvalue weighted by molar-refractivity contribution is 5.30. The van der Waals surface area contributed by atoms with Crippen molar-refractivity contribution in [3.05, 3.63) is 43.2 Å². The lowest BCUT2D eigenvalue weighted by Gasteiger charge is -2.02. The van der Waals surface area contributed by atoms with Crippen LogP contribution < -0.4 is 4.74 Å². The van der Waals surface area contributed by atoms with E-state index in [-0.39, 0.29) is 0 Å². The van der Waals surface area contributed by atoms with Crippen LogP contribution in [0.25, 0.3) is 0 Å². The molecule has 0 aliphatic carbocycles. The van der Waals surface area contributed by atoms with Crippen molar-refractivity contribution in [2.45, 2.75) is 19.3 Å². The maximum absolute atomic E-state index is 5.07. The van der Waals surface area contributed by atoms with Gasteiger partial charge >= 0.3 is 0 Å². The first-order chi connectivity index (χ1) is 6.36. The Morgan fingerprint density at radius 2 is 2.00 bits per heavy atom. The Kier molecular flexibility index (Phi) is 4.37. The molecule has 0 heterocycles. The van der Waals surface area contributed by atoms with Gasteiger partial charge in [0.05, 0.1) is 7.11 Å². The fourth-order valence-electron chi connectivity index (χ4n) is 1.15. The molecule has 0 amide bonds. The van der Waals surface area contributed by atoms with Gasteiger partial charge in [-0.2, -0.15) is 0 Å². The van der Waals surface area contributed by atoms with Crippen LogP contribution in [0.15, 0.2) is 24.3 Å². The van der Waals surface area contributed by atoms with Crippen molar-refractivity contribution in [1.29, 1.82) is 0 Å². The van der Waals surface area contributed by atoms with Crippen molar-refractivity contribution < 1.29 is 4.74 Å². The first-order valence-electron chi connectivity index (χ1n) is 4.63. The van der Waals surface area contributed by atoms with Crippen LogP contribution in [0.5, 0.6) is 5.75 Å². The third kappa shape index (κ3) is 3.49. The van der Waals surface area contributed by atoms with Gasteiger partial charge in [-0.15, -0.1) is 0 Å². The average molecular weight is 176 g/mol. The van der Waals surface area contributed by atoms with Gasteiger partial charge in [0, 0.05) is 0 Å². The maximum atomic E-state index is 5.07. The van der Waals surface area contributed by atoms with Crippen molar-refractivity contribution in [3.8, 4) is 5.75 Å². The highest BCUT2D eigenvalue weighted by Crippen LogP contribution is 2.14. The minimum atomic E-state index is 0.911. The van der Waals surface area contributed by atoms with Crippen molar-refractivity contribution in [3.63, 3.8) is 0 Å². The van der Waals surface area contributed by atoms with Gasteiger partial charge in [0.25, 0.3) is 0 Å². The highest BCUT2D eigenvalue weighted by atomic mass is 16.5. The van der Waals surface area contributed by atoms with E-state index in [4.69, 9.17) is 4.74 Å². The summed E-state index contributed by atoms with van der Waals surface area (Å²) in [5.74, 6) is 0.911. The monoisotopic (exact) mass is 176 g/mol. The van der Waals surface area contributed by atoms with Crippen molar-refractivity contribution >= 4 is 0 Å². The topological polar surface area (TPSA) is 9.23 Å². The molecule has 1 aromatic rings. The van der Waals surface area contributed by atoms with Gasteiger partial charge in [-0.05, 0) is 30.5 Å². The van der Waals surface area contributed by atoms with Crippen LogP contribution >= 0.6 is 0 Å². The summed E-state index contributed by atoms with van der Waals surface area (Å²) in [5, 5.41) is 0. The van der Waals surface area contributed by atoms with E-state index in [9.17, 15) is 0 Å². The molecule has 1 rings (SSSR count). The second-order valence-corrected chi connectivity index (χ2v) is 2.97. The van der Waals surface area contributed by atoms with Gasteiger partial charge in [0.15, 0.2) is 0 Å². The summed E-state index contributed by atoms with van der Waals surface area (Å²) in [6, 6.07) is 8.11. The molecule has 70 valence electrons. The van der Waals surface area contributed by atoms with Crippen LogP contribution in [-0.2, 0) is 0 Å². The van der Waals surface area contributed by atoms with Gasteiger partial charge in [0.2, 0.25) is 0 Å². The SMILES string of the molecule is [CH2]CCC[CH]c1ccc(OC)cc1. The number of benzene rings is 1. The summed E-state index contributed by atoms with van der Waals surface area (Å²) in [6.45, 7) is 3.80. The number of unbranched alkanes of at least 4 members (excludes halogenated alkanes) is 2. The number of hydrogen-bond donors (Lipinski definition) is 0. The molecule has 0 aromatic heterocycles. The van der Waals surface area contributed by atoms with E-state index in [1.807, 2.05) is 12.1 Å². The molecule has 0 N–H and O–H groups in total. The Hall–Kier alpha value is -0.980. The largest absolute Gasteiger partial charge is 0.497 e. The molecule has 0 spiro atoms. The Balaban J connectivity index is 2.40. The van der Waals surface area contributed by atoms with Crippen molar-refractivity contribution in [1.82, 2.24) is 0 Å². The molecule has 0 aliphatic heterocycles. The van der Waals surface area contributed by atoms with E-state index < -0.39 is 0 Å². The molecule has 1 aromatic carbocycles. The first kappa shape index (κ1) is 10.1. The lowest BCUT2D eigenvalue weighted by atomic mass is 10.1. The van der Waals surface area contributed by atoms with Gasteiger partial charge in [-0.3, -0.25) is 0 Å². The molecular formula is C12H16O. The average Bonchev–Trinajstić information content (AvgIpc) is 2.19. The standard InChI is InChI=1S/C12H16O/c1-3-4-5-6-11-7-9-12(13-2)10-8-11/h6-10H,1,3-5H2,2H3. The Bertz CT molecular complexity index is 225. The van der Waals surface area contributed by atoms with E-state index in [1.165, 1.54) is 5.56 Å². The Morgan fingerprint density at radius 3 is 2.54 bits per heavy atom. The maximum Gasteiger partial charge on any atom is 0.118 e. The van der Waals surface area contributed by atoms with Crippen LogP contribution in [0.4, 0.5) is 0 Å². The van der Waals surface area contributed by atoms with E-state index in [0.717, 1.165) is 25.0 Å². The van der Waals surface area contributed by atoms with Gasteiger partial charge < -0.3 is 4.74 Å². The van der Waals surface area contributed by atoms with E-state index in [0.29, 0.717) is 0 Å². The quantitative estimate of drug-likeness (QED) is 0.626. The van der Waals surface area contributed by atoms with Gasteiger partial charge in [-0.25, -0.2) is 0 Å². The Morgan fingerprint density at radius 1 is 1.31 bits per heavy atom. The smallest absolute Gasteiger partial charge is 0.118 e. The normalized spacial score (nSPS) is 10.0. The van der Waals surface area contributed by atoms with Crippen LogP contribution in [0.3, 0.4) is 0 Å². The van der Waals surface area contributed by atoms with E-state index in [1.54, 1.807) is 7.11 Å². The molecule has 13 heavy (non-hydrogen) atoms. The number of ether oxygens (including phenoxy) is 1. The van der Waals surface area contributed by atoms with Crippen molar-refractivity contribution in [2.24, 2.45) is 0 Å². The molecule has 0 bridgehead atoms. The molecule has 1 heteroatoms. The second-order valence-electron chi connectivity index (χ2n) is 2.97. The molecular weight excluding hydrogens is 160 g/mol. The summed E-state index contributed by atoms with van der Waals surface area (Å²) in [5.41, 5.74) is 1.26. The lowest BCUT2D eigenvalue weighted by molar-refractivity contribution is 0.414. The van der Waals surface area contributed by atoms with E-state index in [2.05, 4.69) is 25.5 Å². The molecule has 1 nitrogen and oxygen atoms in total. The fraction of sp³-hybridized carbons (Fsp3) is 0.333. The first-order valence-corrected chi connectivity index (χ1v) is 4.63. The zero-order valence-corrected chi connectivity index (χ0v) is 8.12. The molecule has 0 fully saturated rings. The zero-order valence-electron chi connectivity index (χ0n) is 8.12. The lowest BCUT2D eigenvalue weighted by Crippen LogP contribution is -1.85. The highest BCUT2D eigenvalue weighted by Gasteiger charge is 1.94. The molecule has 0 saturated heterocycles. The predicted octanol–water partition coefficient (Wildman–Crippen LogP) is 3.25. The number of hydrogen-bond acceptors (Lipinski definition) is 1. The zero-order chi connectivity index (χ0) is 9.52. The third-order valence-corrected chi connectivity index (χ3v) is 1.95. The molecule has 0 saturated carbocycles. The fourth-order valence-corrected chi connectivity index (χ4v) is 1.15. The second kappa shape index (κ2) is 5.63. The molecule has 0 aliphatic rings. The van der Waals surface area contributed by atoms with Crippen LogP contribution in [0.2, 0.25) is 0 Å². The van der Waals surface area contributed by atoms with Crippen LogP contribution in [0.1, 0.15) is 24.8 Å². The summed E-state index contributed by atoms with van der Waals surface area (Å²) in [4.78, 5) is 0. The van der Waals surface area contributed by atoms with Gasteiger partial charge in [0.1, 0.15) is 5.75 Å². The minimum Gasteiger partial charge on any atom is -0.497 e. The summed E-state index contributed by atoms with van der Waals surface area (Å²) < 4.78 is 5.07. The summed E-state index contributed by atoms with van der Waals surface area (Å²) in [7, 11) is 1.68. The minimum absolute atomic E-state index is 0.911. The predicted molar refractivity (Wildman–Crippen MR) is 55.6 cm³/mol. The summed E-state index contributed by atoms with van der Waals surface area (Å²) >= 11 is 0. The molecule has 0 unspecified atom stereocenters. The molecule has 0 atom stereocenters. The summed E-state index contributed by atoms with van der Waals surface area (Å²) in [6.07, 6.45) is 5.50. The third-order valence-electron chi connectivity index (χ3n) is 1.95. The van der Waals surface area contributed by atoms with Crippen LogP contribution in [-0.4, -0.2) is 7.11 Å². The number of rotatable bonds is 5. The van der Waals surface area contributed by atoms with Crippen LogP contribution in [0, 0.1) is 13.3 Å². The van der Waals surface area contributed by atoms with Gasteiger partial charge in [-0.1, -0.05) is 31.9 Å².